The Morgan fingerprint density at radius 1 is 1.22 bits per heavy atom. The molecule has 0 radical (unpaired) electrons. The summed E-state index contributed by atoms with van der Waals surface area (Å²) >= 11 is 0. The third-order valence-corrected chi connectivity index (χ3v) is 2.69. The van der Waals surface area contributed by atoms with E-state index in [0.717, 1.165) is 0 Å². The molecule has 2 N–H and O–H groups in total. The highest BCUT2D eigenvalue weighted by Gasteiger charge is 2.12. The quantitative estimate of drug-likeness (QED) is 0.498. The van der Waals surface area contributed by atoms with Gasteiger partial charge in [-0.1, -0.05) is 6.07 Å². The number of pyridine rings is 1. The summed E-state index contributed by atoms with van der Waals surface area (Å²) in [6.07, 6.45) is 4.60. The number of benzene rings is 1. The summed E-state index contributed by atoms with van der Waals surface area (Å²) in [6.45, 7) is 2.44. The smallest absolute Gasteiger partial charge is 0.329 e. The summed E-state index contributed by atoms with van der Waals surface area (Å²) in [6, 6.07) is 10.2. The Hall–Kier alpha value is -3.22. The first-order valence-electron chi connectivity index (χ1n) is 6.96. The van der Waals surface area contributed by atoms with Gasteiger partial charge in [-0.05, 0) is 37.3 Å². The summed E-state index contributed by atoms with van der Waals surface area (Å²) in [5.74, 6) is -0.979. The lowest BCUT2D eigenvalue weighted by atomic mass is 10.3. The van der Waals surface area contributed by atoms with Gasteiger partial charge in [0.05, 0.1) is 12.8 Å². The van der Waals surface area contributed by atoms with Crippen LogP contribution in [-0.4, -0.2) is 29.6 Å². The van der Waals surface area contributed by atoms with Crippen molar-refractivity contribution in [1.82, 2.24) is 10.4 Å². The fraction of sp³-hybridized carbons (Fsp3) is 0.125. The van der Waals surface area contributed by atoms with Crippen LogP contribution in [0.2, 0.25) is 0 Å². The maximum Gasteiger partial charge on any atom is 0.329 e. The number of carbonyl (C=O) groups is 2. The Morgan fingerprint density at radius 2 is 2.00 bits per heavy atom. The molecule has 1 aromatic carbocycles. The Kier molecular flexibility index (Phi) is 5.81. The van der Waals surface area contributed by atoms with Crippen molar-refractivity contribution < 1.29 is 14.3 Å². The van der Waals surface area contributed by atoms with E-state index in [2.05, 4.69) is 20.8 Å². The van der Waals surface area contributed by atoms with Crippen molar-refractivity contribution in [3.05, 3.63) is 54.4 Å². The molecule has 1 heterocycles. The number of hydrazone groups is 1. The van der Waals surface area contributed by atoms with Gasteiger partial charge >= 0.3 is 11.8 Å². The van der Waals surface area contributed by atoms with Crippen molar-refractivity contribution in [2.75, 3.05) is 11.9 Å². The number of rotatable bonds is 5. The van der Waals surface area contributed by atoms with E-state index in [1.54, 1.807) is 48.8 Å². The van der Waals surface area contributed by atoms with Crippen LogP contribution in [0.3, 0.4) is 0 Å². The highest BCUT2D eigenvalue weighted by atomic mass is 16.5. The van der Waals surface area contributed by atoms with E-state index in [4.69, 9.17) is 4.74 Å². The molecule has 1 aromatic heterocycles. The van der Waals surface area contributed by atoms with Gasteiger partial charge < -0.3 is 10.1 Å². The van der Waals surface area contributed by atoms with Crippen LogP contribution in [-0.2, 0) is 9.59 Å². The second kappa shape index (κ2) is 8.28. The van der Waals surface area contributed by atoms with Crippen molar-refractivity contribution >= 4 is 23.7 Å². The van der Waals surface area contributed by atoms with Crippen LogP contribution in [0.25, 0.3) is 0 Å². The zero-order valence-electron chi connectivity index (χ0n) is 12.5. The predicted molar refractivity (Wildman–Crippen MR) is 86.2 cm³/mol. The average Bonchev–Trinajstić information content (AvgIpc) is 2.57. The first-order chi connectivity index (χ1) is 11.2. The number of nitrogens with zero attached hydrogens (tertiary/aromatic N) is 2. The maximum absolute atomic E-state index is 11.7. The van der Waals surface area contributed by atoms with E-state index in [-0.39, 0.29) is 0 Å². The molecule has 0 saturated carbocycles. The monoisotopic (exact) mass is 312 g/mol. The third-order valence-electron chi connectivity index (χ3n) is 2.69. The number of anilines is 1. The van der Waals surface area contributed by atoms with Crippen LogP contribution in [0.1, 0.15) is 12.5 Å². The van der Waals surface area contributed by atoms with E-state index in [1.165, 1.54) is 6.21 Å². The standard InChI is InChI=1S/C16H16N4O3/c1-2-23-14-7-5-13(6-8-14)19-15(21)16(22)20-18-11-12-4-3-9-17-10-12/h3-11H,2H2,1H3,(H,19,21)(H,20,22)/b18-11-. The molecule has 0 bridgehead atoms. The molecule has 7 heteroatoms. The van der Waals surface area contributed by atoms with Crippen LogP contribution in [0, 0.1) is 0 Å². The number of hydrogen-bond donors (Lipinski definition) is 2. The normalized spacial score (nSPS) is 10.3. The number of carbonyl (C=O) groups excluding carboxylic acids is 2. The fourth-order valence-electron chi connectivity index (χ4n) is 1.66. The van der Waals surface area contributed by atoms with Crippen molar-refractivity contribution in [1.29, 1.82) is 0 Å². The summed E-state index contributed by atoms with van der Waals surface area (Å²) in [5.41, 5.74) is 3.35. The van der Waals surface area contributed by atoms with Gasteiger partial charge in [0, 0.05) is 23.6 Å². The van der Waals surface area contributed by atoms with E-state index in [0.29, 0.717) is 23.6 Å². The lowest BCUT2D eigenvalue weighted by Gasteiger charge is -2.06. The Morgan fingerprint density at radius 3 is 2.65 bits per heavy atom. The molecular formula is C16H16N4O3. The fourth-order valence-corrected chi connectivity index (χ4v) is 1.66. The minimum atomic E-state index is -0.862. The topological polar surface area (TPSA) is 92.7 Å². The van der Waals surface area contributed by atoms with Crippen LogP contribution in [0.4, 0.5) is 5.69 Å². The van der Waals surface area contributed by atoms with Crippen LogP contribution < -0.4 is 15.5 Å². The van der Waals surface area contributed by atoms with Gasteiger partial charge in [0.1, 0.15) is 5.75 Å². The molecule has 0 fully saturated rings. The van der Waals surface area contributed by atoms with Crippen LogP contribution in [0.15, 0.2) is 53.9 Å². The van der Waals surface area contributed by atoms with E-state index >= 15 is 0 Å². The molecule has 2 amide bonds. The maximum atomic E-state index is 11.7. The van der Waals surface area contributed by atoms with Crippen molar-refractivity contribution in [3.63, 3.8) is 0 Å². The minimum absolute atomic E-state index is 0.491. The van der Waals surface area contributed by atoms with Crippen molar-refractivity contribution in [2.24, 2.45) is 5.10 Å². The third kappa shape index (κ3) is 5.24. The van der Waals surface area contributed by atoms with E-state index < -0.39 is 11.8 Å². The van der Waals surface area contributed by atoms with Gasteiger partial charge in [-0.3, -0.25) is 14.6 Å². The summed E-state index contributed by atoms with van der Waals surface area (Å²) in [5, 5.41) is 6.16. The second-order valence-electron chi connectivity index (χ2n) is 4.40. The summed E-state index contributed by atoms with van der Waals surface area (Å²) in [7, 11) is 0. The SMILES string of the molecule is CCOc1ccc(NC(=O)C(=O)N/N=C\c2cccnc2)cc1. The number of ether oxygens (including phenoxy) is 1. The van der Waals surface area contributed by atoms with Gasteiger partial charge in [-0.25, -0.2) is 5.43 Å². The zero-order valence-corrected chi connectivity index (χ0v) is 12.5. The van der Waals surface area contributed by atoms with Gasteiger partial charge in [0.2, 0.25) is 0 Å². The summed E-state index contributed by atoms with van der Waals surface area (Å²) < 4.78 is 5.29. The molecule has 0 saturated heterocycles. The Labute approximate surface area is 133 Å². The van der Waals surface area contributed by atoms with Gasteiger partial charge in [0.15, 0.2) is 0 Å². The molecular weight excluding hydrogens is 296 g/mol. The number of hydrogen-bond acceptors (Lipinski definition) is 5. The molecule has 7 nitrogen and oxygen atoms in total. The van der Waals surface area contributed by atoms with Crippen molar-refractivity contribution in [3.8, 4) is 5.75 Å². The Bertz CT molecular complexity index is 684. The van der Waals surface area contributed by atoms with Gasteiger partial charge in [-0.15, -0.1) is 0 Å². The van der Waals surface area contributed by atoms with Gasteiger partial charge in [0.25, 0.3) is 0 Å². The van der Waals surface area contributed by atoms with Crippen molar-refractivity contribution in [2.45, 2.75) is 6.92 Å². The largest absolute Gasteiger partial charge is 0.494 e. The molecule has 2 rings (SSSR count). The van der Waals surface area contributed by atoms with E-state index in [1.807, 2.05) is 6.92 Å². The molecule has 0 aliphatic carbocycles. The van der Waals surface area contributed by atoms with E-state index in [9.17, 15) is 9.59 Å². The molecule has 118 valence electrons. The first-order valence-corrected chi connectivity index (χ1v) is 6.96. The zero-order chi connectivity index (χ0) is 16.5. The first kappa shape index (κ1) is 16.2. The molecule has 0 unspecified atom stereocenters. The molecule has 2 aromatic rings. The van der Waals surface area contributed by atoms with Crippen LogP contribution in [0.5, 0.6) is 5.75 Å². The number of aromatic nitrogens is 1. The molecule has 0 aliphatic rings. The highest BCUT2D eigenvalue weighted by molar-refractivity contribution is 6.39. The summed E-state index contributed by atoms with van der Waals surface area (Å²) in [4.78, 5) is 27.3. The molecule has 0 spiro atoms. The lowest BCUT2D eigenvalue weighted by molar-refractivity contribution is -0.136. The minimum Gasteiger partial charge on any atom is -0.494 e. The second-order valence-corrected chi connectivity index (χ2v) is 4.40. The highest BCUT2D eigenvalue weighted by Crippen LogP contribution is 2.15. The molecule has 0 atom stereocenters. The average molecular weight is 312 g/mol. The van der Waals surface area contributed by atoms with Gasteiger partial charge in [-0.2, -0.15) is 5.10 Å². The van der Waals surface area contributed by atoms with Crippen LogP contribution >= 0.6 is 0 Å². The lowest BCUT2D eigenvalue weighted by Crippen LogP contribution is -2.32. The molecule has 0 aliphatic heterocycles. The number of nitrogens with one attached hydrogen (secondary N) is 2. The Balaban J connectivity index is 1.85. The number of amides is 2. The molecule has 23 heavy (non-hydrogen) atoms. The predicted octanol–water partition coefficient (Wildman–Crippen LogP) is 1.57.